The van der Waals surface area contributed by atoms with Gasteiger partial charge in [-0.25, -0.2) is 0 Å². The molecule has 0 rings (SSSR count). The molecule has 0 bridgehead atoms. The summed E-state index contributed by atoms with van der Waals surface area (Å²) in [7, 11) is -2.17. The van der Waals surface area contributed by atoms with Crippen molar-refractivity contribution in [1.29, 1.82) is 0 Å². The maximum Gasteiger partial charge on any atom is 1.00 e. The predicted molar refractivity (Wildman–Crippen MR) is 22.1 cm³/mol. The van der Waals surface area contributed by atoms with E-state index in [-0.39, 0.29) is 46.0 Å². The first-order chi connectivity index (χ1) is 2.27. The van der Waals surface area contributed by atoms with E-state index in [1.54, 1.807) is 0 Å². The Labute approximate surface area is 73.6 Å². The Balaban J connectivity index is -0.0000000133. The molecule has 0 aliphatic rings. The van der Waals surface area contributed by atoms with Crippen LogP contribution in [-0.2, 0) is 4.81 Å². The number of hydrogen-bond acceptors (Lipinski definition) is 4. The van der Waals surface area contributed by atoms with Gasteiger partial charge in [-0.3, -0.25) is 0 Å². The van der Waals surface area contributed by atoms with E-state index < -0.39 is 7.32 Å². The smallest absolute Gasteiger partial charge is 0.737 e. The standard InChI is InChI=1S/BH3O4.Na.3H2O/c2-1(3)5-4;;;;/h2-4H;;3*1H2/q;+1;;;/p-1. The molecule has 0 aromatic heterocycles. The summed E-state index contributed by atoms with van der Waals surface area (Å²) in [5.74, 6) is 0. The molecule has 54 valence electrons. The molecule has 0 amide bonds. The minimum Gasteiger partial charge on any atom is -0.737 e. The molecule has 0 aliphatic heterocycles. The van der Waals surface area contributed by atoms with Gasteiger partial charge in [0, 0.05) is 0 Å². The van der Waals surface area contributed by atoms with Crippen LogP contribution in [0.25, 0.3) is 0 Å². The van der Waals surface area contributed by atoms with Gasteiger partial charge in [-0.2, -0.15) is 0 Å². The van der Waals surface area contributed by atoms with Crippen LogP contribution < -0.4 is 34.8 Å². The maximum atomic E-state index is 8.63. The first-order valence-corrected chi connectivity index (χ1v) is 0.919. The third-order valence-corrected chi connectivity index (χ3v) is 0.0861. The van der Waals surface area contributed by atoms with Crippen molar-refractivity contribution in [2.45, 2.75) is 0 Å². The van der Waals surface area contributed by atoms with Gasteiger partial charge in [0.25, 0.3) is 0 Å². The molecule has 0 aromatic rings. The maximum absolute atomic E-state index is 8.63. The fourth-order valence-electron chi connectivity index (χ4n) is 0. The van der Waals surface area contributed by atoms with Crippen molar-refractivity contribution in [2.24, 2.45) is 0 Å². The first-order valence-electron chi connectivity index (χ1n) is 0.919. The molecule has 0 unspecified atom stereocenters. The first kappa shape index (κ1) is 33.0. The van der Waals surface area contributed by atoms with E-state index in [4.69, 9.17) is 15.3 Å². The third-order valence-electron chi connectivity index (χ3n) is 0.0861. The number of rotatable bonds is 1. The van der Waals surface area contributed by atoms with Crippen molar-refractivity contribution in [3.63, 3.8) is 0 Å². The Morgan fingerprint density at radius 1 is 1.11 bits per heavy atom. The summed E-state index contributed by atoms with van der Waals surface area (Å²) < 4.78 is 0. The quantitative estimate of drug-likeness (QED) is 0.217. The summed E-state index contributed by atoms with van der Waals surface area (Å²) in [6, 6.07) is 0. The zero-order valence-corrected chi connectivity index (χ0v) is 6.79. The minimum atomic E-state index is -2.17. The van der Waals surface area contributed by atoms with Crippen molar-refractivity contribution in [1.82, 2.24) is 0 Å². The van der Waals surface area contributed by atoms with Crippen LogP contribution in [0.2, 0.25) is 0 Å². The summed E-state index contributed by atoms with van der Waals surface area (Å²) in [5, 5.41) is 23.4. The molecular weight excluding hydrogens is 146 g/mol. The Morgan fingerprint density at radius 2 is 1.22 bits per heavy atom. The second kappa shape index (κ2) is 23.3. The second-order valence-electron chi connectivity index (χ2n) is 0.423. The van der Waals surface area contributed by atoms with Crippen LogP contribution in [0.1, 0.15) is 0 Å². The van der Waals surface area contributed by atoms with Crippen LogP contribution in [0.5, 0.6) is 0 Å². The van der Waals surface area contributed by atoms with Crippen molar-refractivity contribution in [3.8, 4) is 0 Å². The van der Waals surface area contributed by atoms with E-state index >= 15 is 0 Å². The van der Waals surface area contributed by atoms with Gasteiger partial charge in [0.2, 0.25) is 0 Å². The molecule has 0 fully saturated rings. The zero-order valence-electron chi connectivity index (χ0n) is 4.79. The molecule has 0 saturated heterocycles. The van der Waals surface area contributed by atoms with Gasteiger partial charge in [-0.1, -0.05) is 0 Å². The Hall–Kier alpha value is 0.785. The Bertz CT molecular complexity index is 22.9. The molecule has 8 N–H and O–H groups in total. The molecule has 0 aromatic carbocycles. The van der Waals surface area contributed by atoms with Crippen LogP contribution in [0, 0.1) is 0 Å². The summed E-state index contributed by atoms with van der Waals surface area (Å²) >= 11 is 0. The van der Waals surface area contributed by atoms with Gasteiger partial charge >= 0.3 is 36.9 Å². The van der Waals surface area contributed by atoms with E-state index in [2.05, 4.69) is 4.81 Å². The average Bonchev–Trinajstić information content (AvgIpc) is 1.38. The third kappa shape index (κ3) is 52.1. The van der Waals surface area contributed by atoms with Gasteiger partial charge < -0.3 is 36.5 Å². The van der Waals surface area contributed by atoms with E-state index in [9.17, 15) is 0 Å². The molecular formula is H8BNaO7. The molecule has 0 atom stereocenters. The molecule has 0 aliphatic carbocycles. The van der Waals surface area contributed by atoms with Gasteiger partial charge in [-0.15, -0.1) is 0 Å². The van der Waals surface area contributed by atoms with Crippen LogP contribution in [0.15, 0.2) is 0 Å². The van der Waals surface area contributed by atoms with E-state index in [1.807, 2.05) is 0 Å². The van der Waals surface area contributed by atoms with E-state index in [1.165, 1.54) is 0 Å². The van der Waals surface area contributed by atoms with Crippen LogP contribution in [0.4, 0.5) is 0 Å². The van der Waals surface area contributed by atoms with Crippen LogP contribution in [-0.4, -0.2) is 33.8 Å². The molecule has 9 heteroatoms. The Morgan fingerprint density at radius 3 is 1.22 bits per heavy atom. The van der Waals surface area contributed by atoms with Crippen molar-refractivity contribution in [2.75, 3.05) is 0 Å². The number of hydrogen-bond donors (Lipinski definition) is 2. The van der Waals surface area contributed by atoms with Crippen LogP contribution >= 0.6 is 0 Å². The van der Waals surface area contributed by atoms with Crippen LogP contribution in [0.3, 0.4) is 0 Å². The van der Waals surface area contributed by atoms with E-state index in [0.29, 0.717) is 0 Å². The SMILES string of the molecule is O.O.O.[Na+].[O-]OB(O)O. The molecule has 9 heavy (non-hydrogen) atoms. The van der Waals surface area contributed by atoms with Crippen molar-refractivity contribution >= 4 is 7.32 Å². The largest absolute Gasteiger partial charge is 1.00 e. The fourth-order valence-corrected chi connectivity index (χ4v) is 0. The molecule has 7 nitrogen and oxygen atoms in total. The molecule has 0 radical (unpaired) electrons. The van der Waals surface area contributed by atoms with Gasteiger partial charge in [0.15, 0.2) is 0 Å². The second-order valence-corrected chi connectivity index (χ2v) is 0.423. The summed E-state index contributed by atoms with van der Waals surface area (Å²) in [5.41, 5.74) is 0. The van der Waals surface area contributed by atoms with Gasteiger partial charge in [-0.05, 0) is 0 Å². The fraction of sp³-hybridized carbons (Fsp3) is 0. The molecule has 0 spiro atoms. The average molecular weight is 154 g/mol. The van der Waals surface area contributed by atoms with Crippen molar-refractivity contribution < 1.29 is 66.1 Å². The van der Waals surface area contributed by atoms with Gasteiger partial charge in [0.05, 0.1) is 0 Å². The topological polar surface area (TPSA) is 167 Å². The summed E-state index contributed by atoms with van der Waals surface area (Å²) in [4.78, 5) is 2.61. The minimum absolute atomic E-state index is 0. The van der Waals surface area contributed by atoms with Crippen molar-refractivity contribution in [3.05, 3.63) is 0 Å². The summed E-state index contributed by atoms with van der Waals surface area (Å²) in [6.07, 6.45) is 0. The zero-order chi connectivity index (χ0) is 4.28. The Kier molecular flexibility index (Phi) is 85.2. The van der Waals surface area contributed by atoms with E-state index in [0.717, 1.165) is 0 Å². The normalized spacial score (nSPS) is 4.33. The predicted octanol–water partition coefficient (Wildman–Crippen LogP) is -8.22. The monoisotopic (exact) mass is 154 g/mol. The molecule has 0 saturated carbocycles. The summed E-state index contributed by atoms with van der Waals surface area (Å²) in [6.45, 7) is 0. The van der Waals surface area contributed by atoms with Gasteiger partial charge in [0.1, 0.15) is 0 Å². The molecule has 0 heterocycles.